The van der Waals surface area contributed by atoms with Gasteiger partial charge in [-0.3, -0.25) is 9.58 Å². The summed E-state index contributed by atoms with van der Waals surface area (Å²) in [7, 11) is 1.91. The Morgan fingerprint density at radius 1 is 1.14 bits per heavy atom. The van der Waals surface area contributed by atoms with Gasteiger partial charge in [-0.05, 0) is 5.56 Å². The van der Waals surface area contributed by atoms with E-state index in [-0.39, 0.29) is 0 Å². The molecule has 148 valence electrons. The second kappa shape index (κ2) is 7.90. The highest BCUT2D eigenvalue weighted by Crippen LogP contribution is 2.38. The third kappa shape index (κ3) is 3.87. The maximum Gasteiger partial charge on any atom is 0.146 e. The lowest BCUT2D eigenvalue weighted by Gasteiger charge is -2.25. The second-order valence-electron chi connectivity index (χ2n) is 7.10. The van der Waals surface area contributed by atoms with Crippen LogP contribution in [0.15, 0.2) is 48.1 Å². The molecular formula is C21H22N6OS. The largest absolute Gasteiger partial charge is 0.379 e. The van der Waals surface area contributed by atoms with Crippen molar-refractivity contribution in [2.24, 2.45) is 7.05 Å². The predicted octanol–water partition coefficient (Wildman–Crippen LogP) is 3.67. The number of aromatic nitrogens is 4. The molecule has 5 rings (SSSR count). The van der Waals surface area contributed by atoms with E-state index in [2.05, 4.69) is 45.0 Å². The van der Waals surface area contributed by atoms with Crippen LogP contribution < -0.4 is 5.32 Å². The Bertz CT molecular complexity index is 1120. The number of hydrogen-bond acceptors (Lipinski definition) is 7. The smallest absolute Gasteiger partial charge is 0.146 e. The lowest BCUT2D eigenvalue weighted by atomic mass is 10.1. The Morgan fingerprint density at radius 2 is 1.97 bits per heavy atom. The number of aryl methyl sites for hydroxylation is 1. The van der Waals surface area contributed by atoms with Gasteiger partial charge >= 0.3 is 0 Å². The molecular weight excluding hydrogens is 384 g/mol. The fourth-order valence-electron chi connectivity index (χ4n) is 3.56. The number of hydrogen-bond donors (Lipinski definition) is 1. The zero-order valence-electron chi connectivity index (χ0n) is 16.2. The fraction of sp³-hybridized carbons (Fsp3) is 0.286. The van der Waals surface area contributed by atoms with Gasteiger partial charge in [0.2, 0.25) is 0 Å². The van der Waals surface area contributed by atoms with E-state index < -0.39 is 0 Å². The molecule has 1 aliphatic heterocycles. The van der Waals surface area contributed by atoms with E-state index in [9.17, 15) is 0 Å². The van der Waals surface area contributed by atoms with Gasteiger partial charge in [-0.25, -0.2) is 9.97 Å². The van der Waals surface area contributed by atoms with Crippen LogP contribution in [0.25, 0.3) is 21.3 Å². The van der Waals surface area contributed by atoms with E-state index >= 15 is 0 Å². The highest BCUT2D eigenvalue weighted by Gasteiger charge is 2.18. The van der Waals surface area contributed by atoms with Crippen molar-refractivity contribution in [2.45, 2.75) is 6.54 Å². The molecule has 0 atom stereocenters. The van der Waals surface area contributed by atoms with Crippen LogP contribution in [-0.4, -0.2) is 51.0 Å². The van der Waals surface area contributed by atoms with Crippen molar-refractivity contribution in [1.82, 2.24) is 24.6 Å². The van der Waals surface area contributed by atoms with Gasteiger partial charge in [-0.15, -0.1) is 11.3 Å². The van der Waals surface area contributed by atoms with Crippen LogP contribution in [-0.2, 0) is 18.3 Å². The Morgan fingerprint density at radius 3 is 2.72 bits per heavy atom. The number of anilines is 2. The van der Waals surface area contributed by atoms with Crippen LogP contribution >= 0.6 is 11.3 Å². The minimum atomic E-state index is 0.722. The van der Waals surface area contributed by atoms with Crippen LogP contribution in [0.1, 0.15) is 5.82 Å². The number of nitrogens with zero attached hydrogens (tertiary/aromatic N) is 5. The first-order chi connectivity index (χ1) is 14.3. The molecule has 0 bridgehead atoms. The minimum Gasteiger partial charge on any atom is -0.379 e. The van der Waals surface area contributed by atoms with Gasteiger partial charge in [-0.1, -0.05) is 30.3 Å². The summed E-state index contributed by atoms with van der Waals surface area (Å²) in [6.07, 6.45) is 3.76. The number of benzene rings is 1. The summed E-state index contributed by atoms with van der Waals surface area (Å²) in [5.41, 5.74) is 3.22. The molecule has 0 saturated carbocycles. The molecule has 1 aromatic carbocycles. The summed E-state index contributed by atoms with van der Waals surface area (Å²) in [6.45, 7) is 4.07. The second-order valence-corrected chi connectivity index (χ2v) is 7.96. The third-order valence-corrected chi connectivity index (χ3v) is 5.87. The van der Waals surface area contributed by atoms with Crippen LogP contribution in [0.2, 0.25) is 0 Å². The summed E-state index contributed by atoms with van der Waals surface area (Å²) >= 11 is 1.66. The minimum absolute atomic E-state index is 0.722. The monoisotopic (exact) mass is 406 g/mol. The number of thiophene rings is 1. The fourth-order valence-corrected chi connectivity index (χ4v) is 4.53. The average molecular weight is 407 g/mol. The molecule has 0 aliphatic carbocycles. The SMILES string of the molecule is Cn1cc(Nc2nc(CN3CCOCC3)nc3scc(-c4ccccc4)c23)cn1. The zero-order valence-corrected chi connectivity index (χ0v) is 17.0. The molecule has 1 N–H and O–H groups in total. The molecule has 1 saturated heterocycles. The summed E-state index contributed by atoms with van der Waals surface area (Å²) < 4.78 is 7.24. The van der Waals surface area contributed by atoms with Crippen molar-refractivity contribution >= 4 is 33.1 Å². The lowest BCUT2D eigenvalue weighted by Crippen LogP contribution is -2.36. The molecule has 4 heterocycles. The Hall–Kier alpha value is -2.81. The highest BCUT2D eigenvalue weighted by atomic mass is 32.1. The van der Waals surface area contributed by atoms with Gasteiger partial charge < -0.3 is 10.1 Å². The number of ether oxygens (including phenoxy) is 1. The normalized spacial score (nSPS) is 15.1. The van der Waals surface area contributed by atoms with Crippen molar-refractivity contribution in [3.63, 3.8) is 0 Å². The molecule has 29 heavy (non-hydrogen) atoms. The van der Waals surface area contributed by atoms with Crippen LogP contribution in [0.5, 0.6) is 0 Å². The zero-order chi connectivity index (χ0) is 19.6. The van der Waals surface area contributed by atoms with Gasteiger partial charge in [0, 0.05) is 37.3 Å². The van der Waals surface area contributed by atoms with Crippen molar-refractivity contribution in [3.8, 4) is 11.1 Å². The molecule has 4 aromatic rings. The highest BCUT2D eigenvalue weighted by molar-refractivity contribution is 7.17. The van der Waals surface area contributed by atoms with Crippen molar-refractivity contribution < 1.29 is 4.74 Å². The molecule has 1 fully saturated rings. The van der Waals surface area contributed by atoms with Crippen LogP contribution in [0.3, 0.4) is 0 Å². The topological polar surface area (TPSA) is 68.1 Å². The first-order valence-electron chi connectivity index (χ1n) is 9.65. The molecule has 8 heteroatoms. The summed E-state index contributed by atoms with van der Waals surface area (Å²) in [4.78, 5) is 13.1. The van der Waals surface area contributed by atoms with Crippen molar-refractivity contribution in [1.29, 1.82) is 0 Å². The van der Waals surface area contributed by atoms with E-state index in [0.29, 0.717) is 0 Å². The molecule has 0 unspecified atom stereocenters. The third-order valence-electron chi connectivity index (χ3n) is 5.00. The molecule has 3 aromatic heterocycles. The maximum atomic E-state index is 5.46. The van der Waals surface area contributed by atoms with Crippen molar-refractivity contribution in [2.75, 3.05) is 31.6 Å². The summed E-state index contributed by atoms with van der Waals surface area (Å²) in [5, 5.41) is 11.0. The first kappa shape index (κ1) is 18.2. The molecule has 0 radical (unpaired) electrons. The summed E-state index contributed by atoms with van der Waals surface area (Å²) in [5.74, 6) is 1.65. The van der Waals surface area contributed by atoms with Gasteiger partial charge in [0.25, 0.3) is 0 Å². The number of rotatable bonds is 5. The van der Waals surface area contributed by atoms with Crippen LogP contribution in [0.4, 0.5) is 11.5 Å². The average Bonchev–Trinajstić information content (AvgIpc) is 3.35. The van der Waals surface area contributed by atoms with Gasteiger partial charge in [0.05, 0.1) is 37.0 Å². The maximum absolute atomic E-state index is 5.46. The quantitative estimate of drug-likeness (QED) is 0.545. The van der Waals surface area contributed by atoms with E-state index in [0.717, 1.165) is 71.5 Å². The Balaban J connectivity index is 1.58. The van der Waals surface area contributed by atoms with E-state index in [1.165, 1.54) is 0 Å². The molecule has 1 aliphatic rings. The molecule has 7 nitrogen and oxygen atoms in total. The number of fused-ring (bicyclic) bond motifs is 1. The van der Waals surface area contributed by atoms with Crippen molar-refractivity contribution in [3.05, 3.63) is 53.9 Å². The standard InChI is InChI=1S/C21H22N6OS/c1-26-12-16(11-22-26)23-20-19-17(15-5-3-2-4-6-15)14-29-21(19)25-18(24-20)13-27-7-9-28-10-8-27/h2-6,11-12,14H,7-10,13H2,1H3,(H,23,24,25). The van der Waals surface area contributed by atoms with Gasteiger partial charge in [-0.2, -0.15) is 5.10 Å². The Labute approximate surface area is 173 Å². The van der Waals surface area contributed by atoms with E-state index in [1.807, 2.05) is 25.5 Å². The Kier molecular flexibility index (Phi) is 4.97. The number of morpholine rings is 1. The van der Waals surface area contributed by atoms with Gasteiger partial charge in [0.1, 0.15) is 16.5 Å². The van der Waals surface area contributed by atoms with E-state index in [4.69, 9.17) is 14.7 Å². The molecule has 0 amide bonds. The number of nitrogens with one attached hydrogen (secondary N) is 1. The van der Waals surface area contributed by atoms with E-state index in [1.54, 1.807) is 16.0 Å². The predicted molar refractivity (Wildman–Crippen MR) is 115 cm³/mol. The first-order valence-corrected chi connectivity index (χ1v) is 10.5. The lowest BCUT2D eigenvalue weighted by molar-refractivity contribution is 0.0331. The molecule has 0 spiro atoms. The van der Waals surface area contributed by atoms with Gasteiger partial charge in [0.15, 0.2) is 0 Å². The summed E-state index contributed by atoms with van der Waals surface area (Å²) in [6, 6.07) is 10.4. The van der Waals surface area contributed by atoms with Crippen LogP contribution in [0, 0.1) is 0 Å².